The second-order valence-electron chi connectivity index (χ2n) is 7.32. The molecule has 0 spiro atoms. The quantitative estimate of drug-likeness (QED) is 0.587. The summed E-state index contributed by atoms with van der Waals surface area (Å²) in [6, 6.07) is 0. The van der Waals surface area contributed by atoms with Gasteiger partial charge in [0.25, 0.3) is 0 Å². The molecule has 2 saturated carbocycles. The lowest BCUT2D eigenvalue weighted by molar-refractivity contribution is -0.153. The third kappa shape index (κ3) is 2.37. The predicted molar refractivity (Wildman–Crippen MR) is 72.1 cm³/mol. The Bertz CT molecular complexity index is 409. The van der Waals surface area contributed by atoms with Crippen molar-refractivity contribution in [3.05, 3.63) is 0 Å². The highest BCUT2D eigenvalue weighted by Gasteiger charge is 2.50. The van der Waals surface area contributed by atoms with Gasteiger partial charge in [-0.05, 0) is 43.4 Å². The van der Waals surface area contributed by atoms with Gasteiger partial charge in [0.05, 0.1) is 36.9 Å². The summed E-state index contributed by atoms with van der Waals surface area (Å²) in [6.07, 6.45) is 5.77. The van der Waals surface area contributed by atoms with Gasteiger partial charge in [-0.1, -0.05) is 13.8 Å². The summed E-state index contributed by atoms with van der Waals surface area (Å²) < 4.78 is 16.8. The Kier molecular flexibility index (Phi) is 3.08. The van der Waals surface area contributed by atoms with Crippen LogP contribution >= 0.6 is 0 Å². The van der Waals surface area contributed by atoms with Crippen LogP contribution in [-0.4, -0.2) is 37.0 Å². The molecule has 0 aromatic carbocycles. The Morgan fingerprint density at radius 3 is 2.30 bits per heavy atom. The molecule has 4 nitrogen and oxygen atoms in total. The van der Waals surface area contributed by atoms with Crippen LogP contribution in [0.4, 0.5) is 0 Å². The molecule has 0 unspecified atom stereocenters. The third-order valence-corrected chi connectivity index (χ3v) is 5.84. The molecule has 2 saturated heterocycles. The fraction of sp³-hybridized carbons (Fsp3) is 0.938. The topological polar surface area (TPSA) is 51.4 Å². The molecular formula is C16H24O4. The van der Waals surface area contributed by atoms with Gasteiger partial charge in [0, 0.05) is 0 Å². The van der Waals surface area contributed by atoms with Gasteiger partial charge in [-0.15, -0.1) is 0 Å². The fourth-order valence-corrected chi connectivity index (χ4v) is 4.15. The Hall–Kier alpha value is -0.610. The molecule has 4 aliphatic rings. The maximum Gasteiger partial charge on any atom is 0.309 e. The normalized spacial score (nSPS) is 52.7. The first-order chi connectivity index (χ1) is 9.61. The SMILES string of the molecule is C[C@@H]1C[C@H]2O[C@H]2C[C@H]1C(=O)OC[C@H]1C[C@@H]2O[C@@H]2C[C@@H]1C. The molecule has 0 aromatic heterocycles. The molecule has 0 bridgehead atoms. The van der Waals surface area contributed by atoms with E-state index in [9.17, 15) is 4.79 Å². The largest absolute Gasteiger partial charge is 0.465 e. The summed E-state index contributed by atoms with van der Waals surface area (Å²) in [6.45, 7) is 4.97. The molecule has 112 valence electrons. The highest BCUT2D eigenvalue weighted by atomic mass is 16.6. The molecule has 2 aliphatic heterocycles. The molecule has 4 rings (SSSR count). The number of carbonyl (C=O) groups is 1. The monoisotopic (exact) mass is 280 g/mol. The van der Waals surface area contributed by atoms with E-state index in [2.05, 4.69) is 13.8 Å². The highest BCUT2D eigenvalue weighted by molar-refractivity contribution is 5.73. The van der Waals surface area contributed by atoms with Crippen molar-refractivity contribution >= 4 is 5.97 Å². The van der Waals surface area contributed by atoms with Crippen LogP contribution < -0.4 is 0 Å². The maximum absolute atomic E-state index is 12.3. The van der Waals surface area contributed by atoms with Crippen molar-refractivity contribution in [1.29, 1.82) is 0 Å². The lowest BCUT2D eigenvalue weighted by Gasteiger charge is -2.28. The van der Waals surface area contributed by atoms with E-state index >= 15 is 0 Å². The molecule has 0 aromatic rings. The summed E-state index contributed by atoms with van der Waals surface area (Å²) in [5.74, 6) is 1.52. The van der Waals surface area contributed by atoms with E-state index in [1.165, 1.54) is 0 Å². The van der Waals surface area contributed by atoms with Crippen LogP contribution in [0, 0.1) is 23.7 Å². The minimum Gasteiger partial charge on any atom is -0.465 e. The van der Waals surface area contributed by atoms with Gasteiger partial charge in [0.1, 0.15) is 0 Å². The number of hydrogen-bond donors (Lipinski definition) is 0. The van der Waals surface area contributed by atoms with Crippen molar-refractivity contribution in [3.63, 3.8) is 0 Å². The van der Waals surface area contributed by atoms with E-state index in [4.69, 9.17) is 14.2 Å². The van der Waals surface area contributed by atoms with Crippen LogP contribution in [-0.2, 0) is 19.0 Å². The summed E-state index contributed by atoms with van der Waals surface area (Å²) in [5.41, 5.74) is 0. The lowest BCUT2D eigenvalue weighted by atomic mass is 9.80. The molecule has 8 atom stereocenters. The Labute approximate surface area is 120 Å². The zero-order valence-electron chi connectivity index (χ0n) is 12.3. The molecule has 2 aliphatic carbocycles. The number of carbonyl (C=O) groups excluding carboxylic acids is 1. The lowest BCUT2D eigenvalue weighted by Crippen LogP contribution is -2.33. The van der Waals surface area contributed by atoms with Crippen LogP contribution in [0.2, 0.25) is 0 Å². The van der Waals surface area contributed by atoms with Gasteiger partial charge in [0.2, 0.25) is 0 Å². The Morgan fingerprint density at radius 2 is 1.55 bits per heavy atom. The van der Waals surface area contributed by atoms with E-state index in [-0.39, 0.29) is 11.9 Å². The van der Waals surface area contributed by atoms with Crippen LogP contribution in [0.5, 0.6) is 0 Å². The number of ether oxygens (including phenoxy) is 3. The zero-order chi connectivity index (χ0) is 13.9. The van der Waals surface area contributed by atoms with E-state index in [0.29, 0.717) is 48.8 Å². The Balaban J connectivity index is 1.29. The van der Waals surface area contributed by atoms with E-state index in [1.807, 2.05) is 0 Å². The minimum atomic E-state index is -0.00233. The first kappa shape index (κ1) is 13.1. The number of epoxide rings is 2. The van der Waals surface area contributed by atoms with Gasteiger partial charge >= 0.3 is 5.97 Å². The zero-order valence-corrected chi connectivity index (χ0v) is 12.3. The third-order valence-electron chi connectivity index (χ3n) is 5.84. The van der Waals surface area contributed by atoms with Crippen molar-refractivity contribution < 1.29 is 19.0 Å². The van der Waals surface area contributed by atoms with Crippen LogP contribution in [0.15, 0.2) is 0 Å². The van der Waals surface area contributed by atoms with Gasteiger partial charge in [0.15, 0.2) is 0 Å². The number of hydrogen-bond acceptors (Lipinski definition) is 4. The average molecular weight is 280 g/mol. The van der Waals surface area contributed by atoms with Crippen LogP contribution in [0.1, 0.15) is 39.5 Å². The summed E-state index contributed by atoms with van der Waals surface area (Å²) in [4.78, 5) is 12.3. The molecule has 0 amide bonds. The minimum absolute atomic E-state index is 0.00233. The molecule has 20 heavy (non-hydrogen) atoms. The summed E-state index contributed by atoms with van der Waals surface area (Å²) in [5, 5.41) is 0. The second-order valence-corrected chi connectivity index (χ2v) is 7.32. The van der Waals surface area contributed by atoms with Crippen molar-refractivity contribution in [2.45, 2.75) is 63.9 Å². The first-order valence-electron chi connectivity index (χ1n) is 8.09. The molecule has 2 heterocycles. The smallest absolute Gasteiger partial charge is 0.309 e. The highest BCUT2D eigenvalue weighted by Crippen LogP contribution is 2.44. The second kappa shape index (κ2) is 4.70. The van der Waals surface area contributed by atoms with E-state index < -0.39 is 0 Å². The van der Waals surface area contributed by atoms with Crippen molar-refractivity contribution in [2.24, 2.45) is 23.7 Å². The van der Waals surface area contributed by atoms with Crippen LogP contribution in [0.25, 0.3) is 0 Å². The van der Waals surface area contributed by atoms with Crippen LogP contribution in [0.3, 0.4) is 0 Å². The van der Waals surface area contributed by atoms with Crippen molar-refractivity contribution in [1.82, 2.24) is 0 Å². The molecule has 4 heteroatoms. The number of fused-ring (bicyclic) bond motifs is 2. The molecule has 4 fully saturated rings. The van der Waals surface area contributed by atoms with Gasteiger partial charge < -0.3 is 14.2 Å². The van der Waals surface area contributed by atoms with Gasteiger partial charge in [-0.3, -0.25) is 4.79 Å². The number of rotatable bonds is 3. The van der Waals surface area contributed by atoms with E-state index in [1.54, 1.807) is 0 Å². The average Bonchev–Trinajstić information content (AvgIpc) is 3.29. The molecular weight excluding hydrogens is 256 g/mol. The standard InChI is InChI=1S/C16H24O4/c1-8-3-12-14(19-12)5-10(8)7-18-16(17)11-6-15-13(20-15)4-9(11)2/h8-15H,3-7H2,1-2H3/t8-,9+,10+,11+,12+,13+,14-,15-/m0/s1. The maximum atomic E-state index is 12.3. The van der Waals surface area contributed by atoms with Gasteiger partial charge in [-0.25, -0.2) is 0 Å². The molecule has 0 radical (unpaired) electrons. The predicted octanol–water partition coefficient (Wildman–Crippen LogP) is 2.16. The van der Waals surface area contributed by atoms with Crippen molar-refractivity contribution in [2.75, 3.05) is 6.61 Å². The summed E-state index contributed by atoms with van der Waals surface area (Å²) in [7, 11) is 0. The van der Waals surface area contributed by atoms with E-state index in [0.717, 1.165) is 25.7 Å². The fourth-order valence-electron chi connectivity index (χ4n) is 4.15. The molecule has 0 N–H and O–H groups in total. The Morgan fingerprint density at radius 1 is 0.950 bits per heavy atom. The van der Waals surface area contributed by atoms with Gasteiger partial charge in [-0.2, -0.15) is 0 Å². The van der Waals surface area contributed by atoms with Crippen molar-refractivity contribution in [3.8, 4) is 0 Å². The first-order valence-corrected chi connectivity index (χ1v) is 8.09. The number of esters is 1. The summed E-state index contributed by atoms with van der Waals surface area (Å²) >= 11 is 0.